The van der Waals surface area contributed by atoms with Crippen molar-refractivity contribution in [1.82, 2.24) is 0 Å². The van der Waals surface area contributed by atoms with E-state index in [1.165, 1.54) is 7.11 Å². The smallest absolute Gasteiger partial charge is 0.337 e. The van der Waals surface area contributed by atoms with Crippen LogP contribution in [-0.2, 0) is 16.1 Å². The lowest BCUT2D eigenvalue weighted by Gasteiger charge is -2.17. The van der Waals surface area contributed by atoms with Gasteiger partial charge < -0.3 is 14.2 Å². The van der Waals surface area contributed by atoms with E-state index in [2.05, 4.69) is 0 Å². The molecule has 1 unspecified atom stereocenters. The van der Waals surface area contributed by atoms with Crippen molar-refractivity contribution < 1.29 is 19.0 Å². The summed E-state index contributed by atoms with van der Waals surface area (Å²) in [6.07, 6.45) is -0.203. The van der Waals surface area contributed by atoms with Crippen LogP contribution in [0.1, 0.15) is 33.2 Å². The standard InChI is InChI=1S/C17H16O4/c1-19-16-13-6-4-3-5-12(13)10-21-15-9-11(17(18)20-2)7-8-14(15)16/h3-9,16H,10H2,1-2H3. The van der Waals surface area contributed by atoms with E-state index in [1.807, 2.05) is 30.3 Å². The van der Waals surface area contributed by atoms with Crippen LogP contribution < -0.4 is 4.74 Å². The molecule has 108 valence electrons. The second-order valence-corrected chi connectivity index (χ2v) is 4.85. The zero-order chi connectivity index (χ0) is 14.8. The molecule has 1 aliphatic rings. The lowest BCUT2D eigenvalue weighted by molar-refractivity contribution is 0.0600. The molecule has 0 bridgehead atoms. The maximum absolute atomic E-state index is 11.6. The van der Waals surface area contributed by atoms with Crippen molar-refractivity contribution in [1.29, 1.82) is 0 Å². The van der Waals surface area contributed by atoms with Gasteiger partial charge >= 0.3 is 5.97 Å². The van der Waals surface area contributed by atoms with Gasteiger partial charge in [-0.3, -0.25) is 0 Å². The number of hydrogen-bond acceptors (Lipinski definition) is 4. The van der Waals surface area contributed by atoms with Gasteiger partial charge in [-0.25, -0.2) is 4.79 Å². The van der Waals surface area contributed by atoms with Crippen LogP contribution in [0.25, 0.3) is 0 Å². The predicted octanol–water partition coefficient (Wildman–Crippen LogP) is 3.10. The topological polar surface area (TPSA) is 44.8 Å². The summed E-state index contributed by atoms with van der Waals surface area (Å²) in [6, 6.07) is 13.3. The van der Waals surface area contributed by atoms with Crippen LogP contribution in [-0.4, -0.2) is 20.2 Å². The molecule has 1 aliphatic heterocycles. The summed E-state index contributed by atoms with van der Waals surface area (Å²) in [5.74, 6) is 0.276. The lowest BCUT2D eigenvalue weighted by Crippen LogP contribution is -2.06. The van der Waals surface area contributed by atoms with E-state index in [-0.39, 0.29) is 12.1 Å². The van der Waals surface area contributed by atoms with Crippen LogP contribution >= 0.6 is 0 Å². The molecule has 0 N–H and O–H groups in total. The second kappa shape index (κ2) is 5.58. The van der Waals surface area contributed by atoms with Gasteiger partial charge in [-0.05, 0) is 23.3 Å². The number of rotatable bonds is 2. The molecule has 1 atom stereocenters. The lowest BCUT2D eigenvalue weighted by atomic mass is 9.96. The Balaban J connectivity index is 2.10. The number of carbonyl (C=O) groups excluding carboxylic acids is 1. The number of benzene rings is 2. The number of esters is 1. The Kier molecular flexibility index (Phi) is 3.62. The summed E-state index contributed by atoms with van der Waals surface area (Å²) in [5, 5.41) is 0. The largest absolute Gasteiger partial charge is 0.488 e. The van der Waals surface area contributed by atoms with Crippen LogP contribution in [0.2, 0.25) is 0 Å². The molecule has 21 heavy (non-hydrogen) atoms. The molecule has 0 aromatic heterocycles. The molecule has 0 amide bonds. The van der Waals surface area contributed by atoms with Gasteiger partial charge in [-0.1, -0.05) is 30.3 Å². The SMILES string of the molecule is COC(=O)c1ccc2c(c1)OCc1ccccc1C2OC. The summed E-state index contributed by atoms with van der Waals surface area (Å²) < 4.78 is 16.3. The van der Waals surface area contributed by atoms with Crippen molar-refractivity contribution >= 4 is 5.97 Å². The number of methoxy groups -OCH3 is 2. The van der Waals surface area contributed by atoms with Crippen LogP contribution in [0, 0.1) is 0 Å². The Bertz CT molecular complexity index is 678. The van der Waals surface area contributed by atoms with E-state index in [4.69, 9.17) is 14.2 Å². The first-order valence-corrected chi connectivity index (χ1v) is 6.70. The van der Waals surface area contributed by atoms with Crippen molar-refractivity contribution in [2.75, 3.05) is 14.2 Å². The fourth-order valence-electron chi connectivity index (χ4n) is 2.62. The molecule has 0 saturated heterocycles. The quantitative estimate of drug-likeness (QED) is 0.795. The number of fused-ring (bicyclic) bond motifs is 2. The van der Waals surface area contributed by atoms with Crippen LogP contribution in [0.5, 0.6) is 5.75 Å². The maximum atomic E-state index is 11.6. The Morgan fingerprint density at radius 2 is 1.95 bits per heavy atom. The van der Waals surface area contributed by atoms with Crippen LogP contribution in [0.15, 0.2) is 42.5 Å². The molecule has 0 saturated carbocycles. The minimum absolute atomic E-state index is 0.203. The first-order valence-electron chi connectivity index (χ1n) is 6.70. The molecule has 0 fully saturated rings. The molecule has 0 radical (unpaired) electrons. The Morgan fingerprint density at radius 1 is 1.14 bits per heavy atom. The molecule has 1 heterocycles. The Labute approximate surface area is 123 Å². The fourth-order valence-corrected chi connectivity index (χ4v) is 2.62. The van der Waals surface area contributed by atoms with Crippen LogP contribution in [0.4, 0.5) is 0 Å². The second-order valence-electron chi connectivity index (χ2n) is 4.85. The van der Waals surface area contributed by atoms with Gasteiger partial charge in [0.05, 0.1) is 12.7 Å². The molecule has 3 rings (SSSR count). The van der Waals surface area contributed by atoms with Crippen molar-refractivity contribution in [3.05, 3.63) is 64.7 Å². The number of ether oxygens (including phenoxy) is 3. The highest BCUT2D eigenvalue weighted by Crippen LogP contribution is 2.38. The summed E-state index contributed by atoms with van der Waals surface area (Å²) >= 11 is 0. The molecular formula is C17H16O4. The van der Waals surface area contributed by atoms with Crippen molar-refractivity contribution in [3.8, 4) is 5.75 Å². The zero-order valence-corrected chi connectivity index (χ0v) is 12.0. The van der Waals surface area contributed by atoms with Gasteiger partial charge in [0.2, 0.25) is 0 Å². The van der Waals surface area contributed by atoms with Gasteiger partial charge in [-0.2, -0.15) is 0 Å². The summed E-state index contributed by atoms with van der Waals surface area (Å²) in [6.45, 7) is 0.452. The highest BCUT2D eigenvalue weighted by molar-refractivity contribution is 5.90. The Hall–Kier alpha value is -2.33. The average Bonchev–Trinajstić information content (AvgIpc) is 2.69. The number of hydrogen-bond donors (Lipinski definition) is 0. The zero-order valence-electron chi connectivity index (χ0n) is 12.0. The van der Waals surface area contributed by atoms with Gasteiger partial charge in [-0.15, -0.1) is 0 Å². The highest BCUT2D eigenvalue weighted by atomic mass is 16.5. The summed E-state index contributed by atoms with van der Waals surface area (Å²) in [5.41, 5.74) is 3.55. The summed E-state index contributed by atoms with van der Waals surface area (Å²) in [7, 11) is 3.04. The third kappa shape index (κ3) is 2.38. The average molecular weight is 284 g/mol. The first-order chi connectivity index (χ1) is 10.2. The van der Waals surface area contributed by atoms with Crippen LogP contribution in [0.3, 0.4) is 0 Å². The van der Waals surface area contributed by atoms with Gasteiger partial charge in [0.25, 0.3) is 0 Å². The highest BCUT2D eigenvalue weighted by Gasteiger charge is 2.25. The summed E-state index contributed by atoms with van der Waals surface area (Å²) in [4.78, 5) is 11.6. The van der Waals surface area contributed by atoms with Gasteiger partial charge in [0.15, 0.2) is 0 Å². The molecule has 0 aliphatic carbocycles. The molecule has 4 heteroatoms. The van der Waals surface area contributed by atoms with E-state index >= 15 is 0 Å². The van der Waals surface area contributed by atoms with Crippen molar-refractivity contribution in [3.63, 3.8) is 0 Å². The van der Waals surface area contributed by atoms with Gasteiger partial charge in [0.1, 0.15) is 18.5 Å². The van der Waals surface area contributed by atoms with E-state index in [9.17, 15) is 4.79 Å². The maximum Gasteiger partial charge on any atom is 0.337 e. The molecule has 2 aromatic rings. The number of carbonyl (C=O) groups is 1. The fraction of sp³-hybridized carbons (Fsp3) is 0.235. The minimum Gasteiger partial charge on any atom is -0.488 e. The molecule has 0 spiro atoms. The monoisotopic (exact) mass is 284 g/mol. The van der Waals surface area contributed by atoms with E-state index < -0.39 is 0 Å². The van der Waals surface area contributed by atoms with E-state index in [1.54, 1.807) is 19.2 Å². The van der Waals surface area contributed by atoms with Crippen molar-refractivity contribution in [2.45, 2.75) is 12.7 Å². The first kappa shape index (κ1) is 13.6. The third-order valence-corrected chi connectivity index (χ3v) is 3.67. The normalized spacial score (nSPS) is 16.2. The third-order valence-electron chi connectivity index (χ3n) is 3.67. The Morgan fingerprint density at radius 3 is 2.71 bits per heavy atom. The van der Waals surface area contributed by atoms with E-state index in [0.717, 1.165) is 16.7 Å². The van der Waals surface area contributed by atoms with Crippen molar-refractivity contribution in [2.24, 2.45) is 0 Å². The predicted molar refractivity (Wildman–Crippen MR) is 77.4 cm³/mol. The van der Waals surface area contributed by atoms with E-state index in [0.29, 0.717) is 17.9 Å². The minimum atomic E-state index is -0.378. The molecule has 2 aromatic carbocycles. The molecule has 4 nitrogen and oxygen atoms in total. The molecular weight excluding hydrogens is 268 g/mol. The van der Waals surface area contributed by atoms with Gasteiger partial charge in [0, 0.05) is 12.7 Å².